The van der Waals surface area contributed by atoms with Crippen molar-refractivity contribution in [1.29, 1.82) is 0 Å². The second kappa shape index (κ2) is 7.58. The summed E-state index contributed by atoms with van der Waals surface area (Å²) in [5, 5.41) is 3.12. The minimum absolute atomic E-state index is 0.00487. The van der Waals surface area contributed by atoms with Gasteiger partial charge in [-0.15, -0.1) is 0 Å². The molecule has 1 aliphatic heterocycles. The molecule has 4 rings (SSSR count). The van der Waals surface area contributed by atoms with Crippen LogP contribution in [-0.2, 0) is 16.4 Å². The molecule has 10 heteroatoms. The summed E-state index contributed by atoms with van der Waals surface area (Å²) in [7, 11) is -4.81. The van der Waals surface area contributed by atoms with Gasteiger partial charge >= 0.3 is 5.76 Å². The zero-order valence-electron chi connectivity index (χ0n) is 15.6. The molecule has 0 bridgehead atoms. The number of halogens is 5. The average molecular weight is 446 g/mol. The van der Waals surface area contributed by atoms with Gasteiger partial charge in [-0.05, 0) is 42.5 Å². The van der Waals surface area contributed by atoms with E-state index in [-0.39, 0.29) is 23.1 Å². The quantitative estimate of drug-likeness (QED) is 0.667. The van der Waals surface area contributed by atoms with Crippen molar-refractivity contribution in [3.05, 3.63) is 59.4 Å². The number of alkyl halides is 2. The van der Waals surface area contributed by atoms with E-state index in [0.29, 0.717) is 25.5 Å². The third-order valence-electron chi connectivity index (χ3n) is 5.89. The minimum Gasteiger partial charge on any atom is -0.311 e. The molecule has 2 aromatic carbocycles. The summed E-state index contributed by atoms with van der Waals surface area (Å²) in [5.74, 6) is -5.94. The zero-order chi connectivity index (χ0) is 21.7. The van der Waals surface area contributed by atoms with Gasteiger partial charge in [-0.3, -0.25) is 0 Å². The molecule has 0 amide bonds. The largest absolute Gasteiger partial charge is 0.350 e. The molecular formula is C20H19F5N2O2S. The first-order chi connectivity index (χ1) is 14.1. The van der Waals surface area contributed by atoms with Crippen LogP contribution in [0.4, 0.5) is 22.0 Å². The monoisotopic (exact) mass is 446 g/mol. The SMILES string of the molecule is O=S(=O)(N[C@@H]1[C@H](Cc2cccc(-c3cc(F)cc(F)c3)c2F)NCC12CC2)C(F)F. The van der Waals surface area contributed by atoms with Crippen LogP contribution >= 0.6 is 0 Å². The minimum atomic E-state index is -4.81. The first-order valence-electron chi connectivity index (χ1n) is 9.38. The highest BCUT2D eigenvalue weighted by atomic mass is 32.2. The van der Waals surface area contributed by atoms with Crippen LogP contribution in [0.25, 0.3) is 11.1 Å². The van der Waals surface area contributed by atoms with E-state index in [1.165, 1.54) is 18.2 Å². The Kier molecular flexibility index (Phi) is 5.36. The lowest BCUT2D eigenvalue weighted by atomic mass is 9.91. The van der Waals surface area contributed by atoms with E-state index in [1.807, 2.05) is 0 Å². The lowest BCUT2D eigenvalue weighted by Crippen LogP contribution is -2.49. The molecule has 1 saturated heterocycles. The van der Waals surface area contributed by atoms with Crippen LogP contribution in [-0.4, -0.2) is 32.8 Å². The van der Waals surface area contributed by atoms with Crippen LogP contribution in [0.2, 0.25) is 0 Å². The van der Waals surface area contributed by atoms with Gasteiger partial charge in [0.2, 0.25) is 0 Å². The first-order valence-corrected chi connectivity index (χ1v) is 10.9. The average Bonchev–Trinajstić information content (AvgIpc) is 3.37. The second-order valence-electron chi connectivity index (χ2n) is 7.89. The van der Waals surface area contributed by atoms with Crippen molar-refractivity contribution >= 4 is 10.0 Å². The van der Waals surface area contributed by atoms with Crippen LogP contribution in [0.5, 0.6) is 0 Å². The topological polar surface area (TPSA) is 58.2 Å². The molecule has 2 atom stereocenters. The number of sulfonamides is 1. The summed E-state index contributed by atoms with van der Waals surface area (Å²) in [6, 6.07) is 5.69. The lowest BCUT2D eigenvalue weighted by molar-refractivity contribution is 0.229. The van der Waals surface area contributed by atoms with Gasteiger partial charge < -0.3 is 5.32 Å². The van der Waals surface area contributed by atoms with E-state index in [1.54, 1.807) is 0 Å². The van der Waals surface area contributed by atoms with Crippen molar-refractivity contribution < 1.29 is 30.4 Å². The van der Waals surface area contributed by atoms with E-state index < -0.39 is 50.7 Å². The molecule has 2 aromatic rings. The second-order valence-corrected chi connectivity index (χ2v) is 9.57. The Balaban J connectivity index is 1.62. The predicted octanol–water partition coefficient (Wildman–Crippen LogP) is 3.58. The summed E-state index contributed by atoms with van der Waals surface area (Å²) >= 11 is 0. The Labute approximate surface area is 170 Å². The molecule has 1 aliphatic carbocycles. The summed E-state index contributed by atoms with van der Waals surface area (Å²) in [6.07, 6.45) is 1.38. The highest BCUT2D eigenvalue weighted by Gasteiger charge is 2.57. The molecule has 0 unspecified atom stereocenters. The fourth-order valence-corrected chi connectivity index (χ4v) is 5.04. The summed E-state index contributed by atoms with van der Waals surface area (Å²) in [4.78, 5) is 0. The molecular weight excluding hydrogens is 427 g/mol. The highest BCUT2D eigenvalue weighted by Crippen LogP contribution is 2.52. The van der Waals surface area contributed by atoms with Crippen LogP contribution in [0.15, 0.2) is 36.4 Å². The Bertz CT molecular complexity index is 1050. The molecule has 1 saturated carbocycles. The van der Waals surface area contributed by atoms with Gasteiger partial charge in [-0.2, -0.15) is 8.78 Å². The molecule has 30 heavy (non-hydrogen) atoms. The lowest BCUT2D eigenvalue weighted by Gasteiger charge is -2.25. The van der Waals surface area contributed by atoms with Crippen molar-refractivity contribution in [3.8, 4) is 11.1 Å². The van der Waals surface area contributed by atoms with E-state index in [9.17, 15) is 26.0 Å². The van der Waals surface area contributed by atoms with E-state index >= 15 is 4.39 Å². The number of benzene rings is 2. The fraction of sp³-hybridized carbons (Fsp3) is 0.400. The van der Waals surface area contributed by atoms with Crippen molar-refractivity contribution in [1.82, 2.24) is 10.0 Å². The summed E-state index contributed by atoms with van der Waals surface area (Å²) in [6.45, 7) is 0.435. The maximum atomic E-state index is 15.1. The van der Waals surface area contributed by atoms with Crippen molar-refractivity contribution in [2.45, 2.75) is 37.1 Å². The van der Waals surface area contributed by atoms with Crippen LogP contribution < -0.4 is 10.0 Å². The summed E-state index contributed by atoms with van der Waals surface area (Å²) in [5.41, 5.74) is -0.241. The molecule has 2 N–H and O–H groups in total. The summed E-state index contributed by atoms with van der Waals surface area (Å²) < 4.78 is 93.5. The number of hydrogen-bond donors (Lipinski definition) is 2. The first kappa shape index (κ1) is 21.2. The normalized spacial score (nSPS) is 22.7. The highest BCUT2D eigenvalue weighted by molar-refractivity contribution is 7.89. The van der Waals surface area contributed by atoms with E-state index in [2.05, 4.69) is 10.0 Å². The van der Waals surface area contributed by atoms with Gasteiger partial charge in [0.15, 0.2) is 0 Å². The van der Waals surface area contributed by atoms with Gasteiger partial charge in [0.05, 0.1) is 0 Å². The van der Waals surface area contributed by atoms with Crippen molar-refractivity contribution in [2.75, 3.05) is 6.54 Å². The predicted molar refractivity (Wildman–Crippen MR) is 101 cm³/mol. The van der Waals surface area contributed by atoms with Gasteiger partial charge in [-0.25, -0.2) is 26.3 Å². The standard InChI is InChI=1S/C20H19F5N2O2S/c21-13-6-12(7-14(22)9-13)15-3-1-2-11(17(15)23)8-16-18(20(4-5-20)10-26-16)27-30(28,29)19(24)25/h1-3,6-7,9,16,18-19,26-27H,4-5,8,10H2/t16-,18+/m0/s1. The third-order valence-corrected chi connectivity index (χ3v) is 6.94. The Hall–Kier alpha value is -2.04. The Morgan fingerprint density at radius 1 is 1.10 bits per heavy atom. The third kappa shape index (κ3) is 3.95. The number of nitrogens with one attached hydrogen (secondary N) is 2. The molecule has 1 spiro atoms. The smallest absolute Gasteiger partial charge is 0.311 e. The van der Waals surface area contributed by atoms with E-state index in [0.717, 1.165) is 12.1 Å². The fourth-order valence-electron chi connectivity index (χ4n) is 4.17. The van der Waals surface area contributed by atoms with Crippen LogP contribution in [0.3, 0.4) is 0 Å². The van der Waals surface area contributed by atoms with Crippen molar-refractivity contribution in [2.24, 2.45) is 5.41 Å². The van der Waals surface area contributed by atoms with Gasteiger partial charge in [0.1, 0.15) is 17.5 Å². The molecule has 2 fully saturated rings. The van der Waals surface area contributed by atoms with Gasteiger partial charge in [-0.1, -0.05) is 18.2 Å². The molecule has 0 radical (unpaired) electrons. The van der Waals surface area contributed by atoms with E-state index in [4.69, 9.17) is 0 Å². The maximum absolute atomic E-state index is 15.1. The van der Waals surface area contributed by atoms with Gasteiger partial charge in [0, 0.05) is 35.7 Å². The molecule has 1 heterocycles. The zero-order valence-corrected chi connectivity index (χ0v) is 16.5. The molecule has 162 valence electrons. The maximum Gasteiger partial charge on any atom is 0.350 e. The van der Waals surface area contributed by atoms with Crippen LogP contribution in [0, 0.1) is 22.9 Å². The van der Waals surface area contributed by atoms with Crippen molar-refractivity contribution in [3.63, 3.8) is 0 Å². The Morgan fingerprint density at radius 3 is 2.37 bits per heavy atom. The van der Waals surface area contributed by atoms with Crippen LogP contribution in [0.1, 0.15) is 18.4 Å². The molecule has 4 nitrogen and oxygen atoms in total. The number of rotatable bonds is 6. The molecule has 2 aliphatic rings. The Morgan fingerprint density at radius 2 is 1.77 bits per heavy atom. The number of hydrogen-bond acceptors (Lipinski definition) is 3. The molecule has 0 aromatic heterocycles. The van der Waals surface area contributed by atoms with Gasteiger partial charge in [0.25, 0.3) is 10.0 Å².